The molecular formula is C17H17N. The number of pyridine rings is 1. The molecule has 3 rings (SSSR count). The van der Waals surface area contributed by atoms with E-state index in [4.69, 9.17) is 0 Å². The summed E-state index contributed by atoms with van der Waals surface area (Å²) in [5, 5.41) is 0. The number of hydrogen-bond acceptors (Lipinski definition) is 1. The van der Waals surface area contributed by atoms with Crippen LogP contribution in [0, 0.1) is 0 Å². The zero-order valence-electron chi connectivity index (χ0n) is 10.5. The Morgan fingerprint density at radius 3 is 2.56 bits per heavy atom. The van der Waals surface area contributed by atoms with E-state index in [1.807, 2.05) is 12.3 Å². The molecule has 0 radical (unpaired) electrons. The molecule has 0 spiro atoms. The molecule has 1 aromatic carbocycles. The molecule has 0 unspecified atom stereocenters. The van der Waals surface area contributed by atoms with E-state index in [-0.39, 0.29) is 0 Å². The fourth-order valence-corrected chi connectivity index (χ4v) is 2.57. The van der Waals surface area contributed by atoms with Gasteiger partial charge in [-0.25, -0.2) is 0 Å². The number of aromatic nitrogens is 1. The first kappa shape index (κ1) is 11.2. The van der Waals surface area contributed by atoms with Crippen LogP contribution in [-0.2, 0) is 0 Å². The number of allylic oxidation sites excluding steroid dienone is 2. The van der Waals surface area contributed by atoms with E-state index in [0.29, 0.717) is 0 Å². The van der Waals surface area contributed by atoms with Crippen LogP contribution in [0.4, 0.5) is 0 Å². The number of rotatable bonds is 2. The van der Waals surface area contributed by atoms with Crippen LogP contribution in [0.2, 0.25) is 0 Å². The first-order valence-corrected chi connectivity index (χ1v) is 6.65. The maximum atomic E-state index is 4.61. The van der Waals surface area contributed by atoms with Crippen LogP contribution in [0.1, 0.15) is 31.4 Å². The molecule has 1 aliphatic rings. The minimum absolute atomic E-state index is 1.16. The molecule has 2 aromatic rings. The van der Waals surface area contributed by atoms with Gasteiger partial charge in [0.25, 0.3) is 0 Å². The van der Waals surface area contributed by atoms with Crippen molar-refractivity contribution in [2.24, 2.45) is 0 Å². The highest BCUT2D eigenvalue weighted by Crippen LogP contribution is 2.32. The second-order valence-electron chi connectivity index (χ2n) is 4.74. The predicted molar refractivity (Wildman–Crippen MR) is 76.1 cm³/mol. The first-order chi connectivity index (χ1) is 8.95. The lowest BCUT2D eigenvalue weighted by atomic mass is 9.92. The van der Waals surface area contributed by atoms with Crippen LogP contribution < -0.4 is 0 Å². The largest absolute Gasteiger partial charge is 0.256 e. The Kier molecular flexibility index (Phi) is 3.22. The molecule has 0 saturated carbocycles. The summed E-state index contributed by atoms with van der Waals surface area (Å²) >= 11 is 0. The van der Waals surface area contributed by atoms with Gasteiger partial charge in [0.2, 0.25) is 0 Å². The number of benzene rings is 1. The third-order valence-electron chi connectivity index (χ3n) is 3.49. The molecule has 0 atom stereocenters. The van der Waals surface area contributed by atoms with E-state index >= 15 is 0 Å². The second kappa shape index (κ2) is 5.18. The number of hydrogen-bond donors (Lipinski definition) is 0. The van der Waals surface area contributed by atoms with Gasteiger partial charge in [-0.3, -0.25) is 4.98 Å². The number of nitrogens with zero attached hydrogens (tertiary/aromatic N) is 1. The standard InChI is InChI=1S/C17H17N/c1-3-8-14(9-4-1)16-12-7-13-18-17(16)15-10-5-2-6-11-15/h1,3-4,7-10,12-13H,2,5-6,11H2. The molecule has 0 N–H and O–H groups in total. The van der Waals surface area contributed by atoms with Crippen LogP contribution in [0.25, 0.3) is 16.7 Å². The molecule has 0 aliphatic heterocycles. The van der Waals surface area contributed by atoms with E-state index in [2.05, 4.69) is 47.5 Å². The highest BCUT2D eigenvalue weighted by molar-refractivity contribution is 5.79. The molecule has 18 heavy (non-hydrogen) atoms. The normalized spacial score (nSPS) is 15.2. The van der Waals surface area contributed by atoms with Crippen LogP contribution in [0.3, 0.4) is 0 Å². The molecule has 1 aromatic heterocycles. The van der Waals surface area contributed by atoms with Crippen molar-refractivity contribution in [3.05, 3.63) is 60.4 Å². The highest BCUT2D eigenvalue weighted by atomic mass is 14.7. The van der Waals surface area contributed by atoms with E-state index in [1.54, 1.807) is 0 Å². The van der Waals surface area contributed by atoms with Gasteiger partial charge in [-0.05, 0) is 42.9 Å². The fraction of sp³-hybridized carbons (Fsp3) is 0.235. The third-order valence-corrected chi connectivity index (χ3v) is 3.49. The Morgan fingerprint density at radius 2 is 1.78 bits per heavy atom. The lowest BCUT2D eigenvalue weighted by Crippen LogP contribution is -1.97. The average Bonchev–Trinajstić information content (AvgIpc) is 2.49. The van der Waals surface area contributed by atoms with Gasteiger partial charge in [0.15, 0.2) is 0 Å². The maximum absolute atomic E-state index is 4.61. The SMILES string of the molecule is C1=C(c2ncccc2-c2ccccc2)CCCC1. The summed E-state index contributed by atoms with van der Waals surface area (Å²) in [6.07, 6.45) is 9.22. The Morgan fingerprint density at radius 1 is 0.889 bits per heavy atom. The smallest absolute Gasteiger partial charge is 0.0736 e. The molecule has 90 valence electrons. The summed E-state index contributed by atoms with van der Waals surface area (Å²) in [5.74, 6) is 0. The molecule has 0 saturated heterocycles. The minimum Gasteiger partial charge on any atom is -0.256 e. The molecule has 0 amide bonds. The van der Waals surface area contributed by atoms with Crippen molar-refractivity contribution in [2.75, 3.05) is 0 Å². The zero-order chi connectivity index (χ0) is 12.2. The first-order valence-electron chi connectivity index (χ1n) is 6.65. The van der Waals surface area contributed by atoms with Crippen molar-refractivity contribution in [1.29, 1.82) is 0 Å². The minimum atomic E-state index is 1.16. The van der Waals surface area contributed by atoms with E-state index < -0.39 is 0 Å². The van der Waals surface area contributed by atoms with Crippen molar-refractivity contribution in [3.8, 4) is 11.1 Å². The molecule has 0 fully saturated rings. The van der Waals surface area contributed by atoms with E-state index in [0.717, 1.165) is 6.42 Å². The van der Waals surface area contributed by atoms with E-state index in [1.165, 1.54) is 41.7 Å². The van der Waals surface area contributed by atoms with Crippen LogP contribution >= 0.6 is 0 Å². The zero-order valence-corrected chi connectivity index (χ0v) is 10.5. The van der Waals surface area contributed by atoms with Crippen molar-refractivity contribution in [3.63, 3.8) is 0 Å². The van der Waals surface area contributed by atoms with Gasteiger partial charge in [0.05, 0.1) is 5.69 Å². The Hall–Kier alpha value is -1.89. The second-order valence-corrected chi connectivity index (χ2v) is 4.74. The van der Waals surface area contributed by atoms with E-state index in [9.17, 15) is 0 Å². The molecule has 1 nitrogen and oxygen atoms in total. The van der Waals surface area contributed by atoms with Gasteiger partial charge in [0, 0.05) is 11.8 Å². The van der Waals surface area contributed by atoms with Crippen molar-refractivity contribution < 1.29 is 0 Å². The van der Waals surface area contributed by atoms with Gasteiger partial charge in [0.1, 0.15) is 0 Å². The van der Waals surface area contributed by atoms with Gasteiger partial charge < -0.3 is 0 Å². The average molecular weight is 235 g/mol. The van der Waals surface area contributed by atoms with Gasteiger partial charge in [-0.1, -0.05) is 42.5 Å². The predicted octanol–water partition coefficient (Wildman–Crippen LogP) is 4.71. The van der Waals surface area contributed by atoms with Gasteiger partial charge in [-0.2, -0.15) is 0 Å². The summed E-state index contributed by atoms with van der Waals surface area (Å²) in [6.45, 7) is 0. The molecule has 0 bridgehead atoms. The molecular weight excluding hydrogens is 218 g/mol. The Labute approximate surface area is 108 Å². The Balaban J connectivity index is 2.08. The van der Waals surface area contributed by atoms with Crippen molar-refractivity contribution >= 4 is 5.57 Å². The molecule has 1 heteroatoms. The van der Waals surface area contributed by atoms with Crippen molar-refractivity contribution in [2.45, 2.75) is 25.7 Å². The van der Waals surface area contributed by atoms with Crippen LogP contribution in [0.5, 0.6) is 0 Å². The topological polar surface area (TPSA) is 12.9 Å². The lowest BCUT2D eigenvalue weighted by molar-refractivity contribution is 0.740. The quantitative estimate of drug-likeness (QED) is 0.734. The molecule has 1 heterocycles. The summed E-state index contributed by atoms with van der Waals surface area (Å²) < 4.78 is 0. The lowest BCUT2D eigenvalue weighted by Gasteiger charge is -2.15. The van der Waals surface area contributed by atoms with Gasteiger partial charge >= 0.3 is 0 Å². The van der Waals surface area contributed by atoms with Crippen LogP contribution in [-0.4, -0.2) is 4.98 Å². The summed E-state index contributed by atoms with van der Waals surface area (Å²) in [6, 6.07) is 14.7. The summed E-state index contributed by atoms with van der Waals surface area (Å²) in [4.78, 5) is 4.61. The summed E-state index contributed by atoms with van der Waals surface area (Å²) in [7, 11) is 0. The third kappa shape index (κ3) is 2.21. The van der Waals surface area contributed by atoms with Crippen LogP contribution in [0.15, 0.2) is 54.7 Å². The van der Waals surface area contributed by atoms with Crippen molar-refractivity contribution in [1.82, 2.24) is 4.98 Å². The van der Waals surface area contributed by atoms with Gasteiger partial charge in [-0.15, -0.1) is 0 Å². The fourth-order valence-electron chi connectivity index (χ4n) is 2.57. The summed E-state index contributed by atoms with van der Waals surface area (Å²) in [5.41, 5.74) is 5.10. The monoisotopic (exact) mass is 235 g/mol. The highest BCUT2D eigenvalue weighted by Gasteiger charge is 2.12. The molecule has 1 aliphatic carbocycles. The Bertz CT molecular complexity index is 555. The maximum Gasteiger partial charge on any atom is 0.0736 e.